The topological polar surface area (TPSA) is 67.6 Å². The highest BCUT2D eigenvalue weighted by Crippen LogP contribution is 2.25. The third-order valence-corrected chi connectivity index (χ3v) is 3.29. The zero-order valence-corrected chi connectivity index (χ0v) is 10.9. The van der Waals surface area contributed by atoms with Crippen LogP contribution in [0.4, 0.5) is 4.39 Å². The largest absolute Gasteiger partial charge is 0.494 e. The van der Waals surface area contributed by atoms with Gasteiger partial charge in [-0.1, -0.05) is 6.07 Å². The molecule has 0 bridgehead atoms. The molecule has 0 radical (unpaired) electrons. The van der Waals surface area contributed by atoms with Gasteiger partial charge in [-0.25, -0.2) is 4.39 Å². The summed E-state index contributed by atoms with van der Waals surface area (Å²) in [4.78, 5) is 13.4. The Morgan fingerprint density at radius 1 is 1.58 bits per heavy atom. The van der Waals surface area contributed by atoms with Crippen molar-refractivity contribution in [1.82, 2.24) is 10.2 Å². The molecule has 0 aliphatic carbocycles. The summed E-state index contributed by atoms with van der Waals surface area (Å²) in [6, 6.07) is 4.62. The number of rotatable bonds is 4. The molecule has 1 aromatic rings. The lowest BCUT2D eigenvalue weighted by atomic mass is 10.0. The average molecular weight is 267 g/mol. The number of benzene rings is 1. The van der Waals surface area contributed by atoms with Crippen molar-refractivity contribution >= 4 is 5.91 Å². The average Bonchev–Trinajstić information content (AvgIpc) is 2.40. The summed E-state index contributed by atoms with van der Waals surface area (Å²) in [5.74, 6) is -0.241. The lowest BCUT2D eigenvalue weighted by Crippen LogP contribution is -2.50. The number of halogens is 1. The molecule has 5 nitrogen and oxygen atoms in total. The summed E-state index contributed by atoms with van der Waals surface area (Å²) in [6.07, 6.45) is 0. The molecule has 0 aromatic heterocycles. The second-order valence-corrected chi connectivity index (χ2v) is 4.47. The molecule has 1 atom stereocenters. The number of ether oxygens (including phenoxy) is 1. The maximum atomic E-state index is 13.7. The predicted molar refractivity (Wildman–Crippen MR) is 69.3 cm³/mol. The van der Waals surface area contributed by atoms with Gasteiger partial charge in [-0.05, 0) is 17.7 Å². The van der Waals surface area contributed by atoms with E-state index >= 15 is 0 Å². The van der Waals surface area contributed by atoms with Gasteiger partial charge in [0.15, 0.2) is 11.6 Å². The molecule has 1 aliphatic heterocycles. The van der Waals surface area contributed by atoms with E-state index in [1.165, 1.54) is 13.2 Å². The van der Waals surface area contributed by atoms with Crippen molar-refractivity contribution in [3.8, 4) is 5.75 Å². The first-order chi connectivity index (χ1) is 9.15. The molecular weight excluding hydrogens is 249 g/mol. The second kappa shape index (κ2) is 5.99. The maximum absolute atomic E-state index is 13.7. The fourth-order valence-electron chi connectivity index (χ4n) is 2.31. The molecule has 1 fully saturated rings. The molecule has 3 N–H and O–H groups in total. The number of carbonyl (C=O) groups excluding carboxylic acids is 1. The quantitative estimate of drug-likeness (QED) is 0.821. The Morgan fingerprint density at radius 2 is 2.37 bits per heavy atom. The fraction of sp³-hybridized carbons (Fsp3) is 0.462. The van der Waals surface area contributed by atoms with Gasteiger partial charge in [0.25, 0.3) is 0 Å². The minimum Gasteiger partial charge on any atom is -0.494 e. The molecule has 1 unspecified atom stereocenters. The number of piperazine rings is 1. The van der Waals surface area contributed by atoms with E-state index in [-0.39, 0.29) is 24.2 Å². The predicted octanol–water partition coefficient (Wildman–Crippen LogP) is 0.266. The first-order valence-electron chi connectivity index (χ1n) is 6.20. The van der Waals surface area contributed by atoms with Gasteiger partial charge in [-0.15, -0.1) is 0 Å². The van der Waals surface area contributed by atoms with Crippen LogP contribution in [0.15, 0.2) is 18.2 Å². The Balaban J connectivity index is 2.21. The smallest absolute Gasteiger partial charge is 0.234 e. The highest BCUT2D eigenvalue weighted by molar-refractivity contribution is 5.78. The van der Waals surface area contributed by atoms with Gasteiger partial charge in [0.05, 0.1) is 13.7 Å². The number of nitrogens with one attached hydrogen (secondary N) is 1. The number of nitrogens with two attached hydrogens (primary N) is 1. The highest BCUT2D eigenvalue weighted by atomic mass is 19.1. The highest BCUT2D eigenvalue weighted by Gasteiger charge is 2.25. The Kier molecular flexibility index (Phi) is 4.34. The Bertz CT molecular complexity index is 467. The summed E-state index contributed by atoms with van der Waals surface area (Å²) in [6.45, 7) is 1.92. The third kappa shape index (κ3) is 3.02. The van der Waals surface area contributed by atoms with Crippen LogP contribution in [0.3, 0.4) is 0 Å². The van der Waals surface area contributed by atoms with Gasteiger partial charge >= 0.3 is 0 Å². The molecule has 1 heterocycles. The van der Waals surface area contributed by atoms with Gasteiger partial charge in [0.1, 0.15) is 0 Å². The molecular formula is C13H18FN3O2. The van der Waals surface area contributed by atoms with Crippen molar-refractivity contribution in [1.29, 1.82) is 0 Å². The summed E-state index contributed by atoms with van der Waals surface area (Å²) in [5.41, 5.74) is 6.53. The number of methoxy groups -OCH3 is 1. The van der Waals surface area contributed by atoms with Gasteiger partial charge < -0.3 is 15.8 Å². The maximum Gasteiger partial charge on any atom is 0.234 e. The molecule has 1 aromatic carbocycles. The van der Waals surface area contributed by atoms with Gasteiger partial charge in [0, 0.05) is 25.7 Å². The van der Waals surface area contributed by atoms with Crippen LogP contribution < -0.4 is 15.8 Å². The molecule has 0 saturated carbocycles. The van der Waals surface area contributed by atoms with E-state index in [1.807, 2.05) is 4.90 Å². The molecule has 1 amide bonds. The Morgan fingerprint density at radius 3 is 2.95 bits per heavy atom. The van der Waals surface area contributed by atoms with Crippen molar-refractivity contribution in [2.75, 3.05) is 33.3 Å². The zero-order valence-electron chi connectivity index (χ0n) is 10.9. The van der Waals surface area contributed by atoms with Crippen molar-refractivity contribution in [2.24, 2.45) is 5.73 Å². The number of hydrogen-bond acceptors (Lipinski definition) is 4. The van der Waals surface area contributed by atoms with E-state index in [0.29, 0.717) is 19.6 Å². The second-order valence-electron chi connectivity index (χ2n) is 4.47. The van der Waals surface area contributed by atoms with E-state index < -0.39 is 5.82 Å². The van der Waals surface area contributed by atoms with E-state index in [2.05, 4.69) is 5.32 Å². The molecule has 2 rings (SSSR count). The van der Waals surface area contributed by atoms with Crippen LogP contribution in [0, 0.1) is 5.82 Å². The van der Waals surface area contributed by atoms with Crippen LogP contribution in [-0.2, 0) is 4.79 Å². The van der Waals surface area contributed by atoms with Crippen LogP contribution in [0.2, 0.25) is 0 Å². The zero-order chi connectivity index (χ0) is 13.8. The van der Waals surface area contributed by atoms with E-state index in [1.54, 1.807) is 12.1 Å². The number of nitrogens with zero attached hydrogens (tertiary/aromatic N) is 1. The van der Waals surface area contributed by atoms with E-state index in [9.17, 15) is 9.18 Å². The molecule has 0 spiro atoms. The molecule has 104 valence electrons. The van der Waals surface area contributed by atoms with Gasteiger partial charge in [0.2, 0.25) is 5.91 Å². The number of hydrogen-bond donors (Lipinski definition) is 2. The molecule has 1 aliphatic rings. The van der Waals surface area contributed by atoms with Crippen molar-refractivity contribution in [2.45, 2.75) is 6.04 Å². The molecule has 6 heteroatoms. The monoisotopic (exact) mass is 267 g/mol. The SMILES string of the molecule is COc1ccc(C(CN)N2CCNC(=O)C2)cc1F. The van der Waals surface area contributed by atoms with Crippen LogP contribution in [0.5, 0.6) is 5.75 Å². The first-order valence-corrected chi connectivity index (χ1v) is 6.20. The minimum atomic E-state index is -0.417. The van der Waals surface area contributed by atoms with Crippen molar-refractivity contribution < 1.29 is 13.9 Å². The van der Waals surface area contributed by atoms with E-state index in [4.69, 9.17) is 10.5 Å². The lowest BCUT2D eigenvalue weighted by Gasteiger charge is -2.33. The Labute approximate surface area is 111 Å². The third-order valence-electron chi connectivity index (χ3n) is 3.29. The van der Waals surface area contributed by atoms with Crippen LogP contribution in [0.1, 0.15) is 11.6 Å². The molecule has 1 saturated heterocycles. The normalized spacial score (nSPS) is 17.9. The van der Waals surface area contributed by atoms with E-state index in [0.717, 1.165) is 5.56 Å². The Hall–Kier alpha value is -1.66. The first kappa shape index (κ1) is 13.8. The van der Waals surface area contributed by atoms with Gasteiger partial charge in [-0.2, -0.15) is 0 Å². The summed E-state index contributed by atoms with van der Waals surface area (Å²) in [7, 11) is 1.42. The summed E-state index contributed by atoms with van der Waals surface area (Å²) in [5, 5.41) is 2.76. The molecule has 19 heavy (non-hydrogen) atoms. The van der Waals surface area contributed by atoms with Crippen molar-refractivity contribution in [3.63, 3.8) is 0 Å². The lowest BCUT2D eigenvalue weighted by molar-refractivity contribution is -0.124. The summed E-state index contributed by atoms with van der Waals surface area (Å²) < 4.78 is 18.6. The number of carbonyl (C=O) groups is 1. The fourth-order valence-corrected chi connectivity index (χ4v) is 2.31. The van der Waals surface area contributed by atoms with Crippen LogP contribution in [-0.4, -0.2) is 44.1 Å². The van der Waals surface area contributed by atoms with Crippen LogP contribution in [0.25, 0.3) is 0 Å². The van der Waals surface area contributed by atoms with Gasteiger partial charge in [-0.3, -0.25) is 9.69 Å². The summed E-state index contributed by atoms with van der Waals surface area (Å²) >= 11 is 0. The standard InChI is InChI=1S/C13H18FN3O2/c1-19-12-3-2-9(6-10(12)14)11(7-15)17-5-4-16-13(18)8-17/h2-3,6,11H,4-5,7-8,15H2,1H3,(H,16,18). The van der Waals surface area contributed by atoms with Crippen molar-refractivity contribution in [3.05, 3.63) is 29.6 Å². The van der Waals surface area contributed by atoms with Crippen LogP contribution >= 0.6 is 0 Å². The number of amides is 1. The minimum absolute atomic E-state index is 0.0290.